The number of ether oxygens (including phenoxy) is 2. The average Bonchev–Trinajstić information content (AvgIpc) is 2.46. The van der Waals surface area contributed by atoms with Crippen molar-refractivity contribution in [3.8, 4) is 11.5 Å². The van der Waals surface area contributed by atoms with E-state index in [4.69, 9.17) is 9.47 Å². The first-order valence-electron chi connectivity index (χ1n) is 5.89. The van der Waals surface area contributed by atoms with Crippen molar-refractivity contribution in [2.75, 3.05) is 7.11 Å². The standard InChI is InChI=1S/C15H13FO4/c1-19-11-6-7-14(17)12(8-11)15(18)20-9-10-4-2-3-5-13(10)16/h2-8,17H,9H2,1H3. The highest BCUT2D eigenvalue weighted by atomic mass is 19.1. The molecular formula is C15H13FO4. The van der Waals surface area contributed by atoms with Crippen molar-refractivity contribution >= 4 is 5.97 Å². The van der Waals surface area contributed by atoms with Crippen molar-refractivity contribution in [1.29, 1.82) is 0 Å². The Kier molecular flexibility index (Phi) is 4.20. The SMILES string of the molecule is COc1ccc(O)c(C(=O)OCc2ccccc2F)c1. The number of carbonyl (C=O) groups is 1. The van der Waals surface area contributed by atoms with Gasteiger partial charge in [0.05, 0.1) is 7.11 Å². The number of halogens is 1. The monoisotopic (exact) mass is 276 g/mol. The summed E-state index contributed by atoms with van der Waals surface area (Å²) in [6, 6.07) is 10.2. The van der Waals surface area contributed by atoms with E-state index in [1.807, 2.05) is 0 Å². The van der Waals surface area contributed by atoms with Crippen LogP contribution in [0, 0.1) is 5.82 Å². The second-order valence-corrected chi connectivity index (χ2v) is 4.05. The normalized spacial score (nSPS) is 10.1. The molecular weight excluding hydrogens is 263 g/mol. The summed E-state index contributed by atoms with van der Waals surface area (Å²) in [5.74, 6) is -0.996. The molecule has 0 saturated heterocycles. The van der Waals surface area contributed by atoms with Gasteiger partial charge in [-0.2, -0.15) is 0 Å². The number of phenols is 1. The summed E-state index contributed by atoms with van der Waals surface area (Å²) in [5, 5.41) is 9.62. The molecule has 0 amide bonds. The lowest BCUT2D eigenvalue weighted by Gasteiger charge is -2.08. The van der Waals surface area contributed by atoms with Crippen LogP contribution in [-0.2, 0) is 11.3 Å². The van der Waals surface area contributed by atoms with Crippen LogP contribution < -0.4 is 4.74 Å². The molecule has 104 valence electrons. The first-order chi connectivity index (χ1) is 9.61. The van der Waals surface area contributed by atoms with Crippen LogP contribution in [0.1, 0.15) is 15.9 Å². The summed E-state index contributed by atoms with van der Waals surface area (Å²) in [7, 11) is 1.45. The zero-order valence-corrected chi connectivity index (χ0v) is 10.8. The Balaban J connectivity index is 2.11. The van der Waals surface area contributed by atoms with Crippen LogP contribution in [-0.4, -0.2) is 18.2 Å². The Bertz CT molecular complexity index is 625. The van der Waals surface area contributed by atoms with Crippen LogP contribution in [0.3, 0.4) is 0 Å². The van der Waals surface area contributed by atoms with Crippen molar-refractivity contribution in [1.82, 2.24) is 0 Å². The molecule has 0 aliphatic heterocycles. The summed E-state index contributed by atoms with van der Waals surface area (Å²) >= 11 is 0. The molecule has 2 aromatic rings. The summed E-state index contributed by atoms with van der Waals surface area (Å²) < 4.78 is 23.3. The van der Waals surface area contributed by atoms with Gasteiger partial charge in [-0.25, -0.2) is 9.18 Å². The van der Waals surface area contributed by atoms with Gasteiger partial charge in [0.2, 0.25) is 0 Å². The zero-order valence-electron chi connectivity index (χ0n) is 10.8. The fourth-order valence-electron chi connectivity index (χ4n) is 1.64. The molecule has 1 N–H and O–H groups in total. The maximum Gasteiger partial charge on any atom is 0.342 e. The second kappa shape index (κ2) is 6.06. The molecule has 0 atom stereocenters. The summed E-state index contributed by atoms with van der Waals surface area (Å²) in [6.07, 6.45) is 0. The van der Waals surface area contributed by atoms with Gasteiger partial charge in [0.25, 0.3) is 0 Å². The minimum Gasteiger partial charge on any atom is -0.507 e. The lowest BCUT2D eigenvalue weighted by Crippen LogP contribution is -2.06. The summed E-state index contributed by atoms with van der Waals surface area (Å²) in [4.78, 5) is 11.9. The van der Waals surface area contributed by atoms with E-state index in [0.29, 0.717) is 5.75 Å². The Hall–Kier alpha value is -2.56. The molecule has 0 heterocycles. The number of phenolic OH excluding ortho intramolecular Hbond substituents is 1. The van der Waals surface area contributed by atoms with Crippen molar-refractivity contribution in [3.63, 3.8) is 0 Å². The molecule has 5 heteroatoms. The lowest BCUT2D eigenvalue weighted by molar-refractivity contribution is 0.0465. The van der Waals surface area contributed by atoms with Gasteiger partial charge in [0.15, 0.2) is 0 Å². The molecule has 0 aliphatic carbocycles. The molecule has 0 saturated carbocycles. The van der Waals surface area contributed by atoms with Crippen molar-refractivity contribution < 1.29 is 23.8 Å². The molecule has 2 aromatic carbocycles. The molecule has 0 radical (unpaired) electrons. The van der Waals surface area contributed by atoms with E-state index in [2.05, 4.69) is 0 Å². The smallest absolute Gasteiger partial charge is 0.342 e. The van der Waals surface area contributed by atoms with Gasteiger partial charge in [-0.05, 0) is 24.3 Å². The number of carbonyl (C=O) groups excluding carboxylic acids is 1. The quantitative estimate of drug-likeness (QED) is 0.872. The number of hydrogen-bond donors (Lipinski definition) is 1. The molecule has 2 rings (SSSR count). The van der Waals surface area contributed by atoms with Gasteiger partial charge in [-0.15, -0.1) is 0 Å². The highest BCUT2D eigenvalue weighted by Gasteiger charge is 2.14. The van der Waals surface area contributed by atoms with Gasteiger partial charge in [0.1, 0.15) is 29.5 Å². The number of rotatable bonds is 4. The predicted octanol–water partition coefficient (Wildman–Crippen LogP) is 2.90. The van der Waals surface area contributed by atoms with E-state index < -0.39 is 11.8 Å². The Morgan fingerprint density at radius 2 is 2.00 bits per heavy atom. The molecule has 20 heavy (non-hydrogen) atoms. The topological polar surface area (TPSA) is 55.8 Å². The van der Waals surface area contributed by atoms with Crippen LogP contribution in [0.2, 0.25) is 0 Å². The fraction of sp³-hybridized carbons (Fsp3) is 0.133. The fourth-order valence-corrected chi connectivity index (χ4v) is 1.64. The van der Waals surface area contributed by atoms with Crippen LogP contribution in [0.15, 0.2) is 42.5 Å². The van der Waals surface area contributed by atoms with E-state index in [0.717, 1.165) is 0 Å². The largest absolute Gasteiger partial charge is 0.507 e. The van der Waals surface area contributed by atoms with Crippen molar-refractivity contribution in [2.45, 2.75) is 6.61 Å². The third-order valence-electron chi connectivity index (χ3n) is 2.74. The minimum atomic E-state index is -0.746. The molecule has 0 spiro atoms. The Morgan fingerprint density at radius 1 is 1.25 bits per heavy atom. The van der Waals surface area contributed by atoms with E-state index in [1.54, 1.807) is 12.1 Å². The van der Waals surface area contributed by atoms with Crippen molar-refractivity contribution in [2.24, 2.45) is 0 Å². The third-order valence-corrected chi connectivity index (χ3v) is 2.74. The van der Waals surface area contributed by atoms with E-state index >= 15 is 0 Å². The average molecular weight is 276 g/mol. The van der Waals surface area contributed by atoms with E-state index in [-0.39, 0.29) is 23.5 Å². The van der Waals surface area contributed by atoms with Gasteiger partial charge >= 0.3 is 5.97 Å². The van der Waals surface area contributed by atoms with Crippen LogP contribution in [0.4, 0.5) is 4.39 Å². The highest BCUT2D eigenvalue weighted by Crippen LogP contribution is 2.24. The number of hydrogen-bond acceptors (Lipinski definition) is 4. The van der Waals surface area contributed by atoms with Gasteiger partial charge in [-0.1, -0.05) is 18.2 Å². The first kappa shape index (κ1) is 13.9. The molecule has 0 aliphatic rings. The Morgan fingerprint density at radius 3 is 2.70 bits per heavy atom. The molecule has 0 fully saturated rings. The van der Waals surface area contributed by atoms with Crippen LogP contribution >= 0.6 is 0 Å². The Labute approximate surface area is 115 Å². The number of benzene rings is 2. The zero-order chi connectivity index (χ0) is 14.5. The second-order valence-electron chi connectivity index (χ2n) is 4.05. The summed E-state index contributed by atoms with van der Waals surface area (Å²) in [5.41, 5.74) is 0.240. The number of esters is 1. The van der Waals surface area contributed by atoms with Crippen molar-refractivity contribution in [3.05, 3.63) is 59.4 Å². The first-order valence-corrected chi connectivity index (χ1v) is 5.89. The molecule has 4 nitrogen and oxygen atoms in total. The molecule has 0 aromatic heterocycles. The van der Waals surface area contributed by atoms with E-state index in [1.165, 1.54) is 37.4 Å². The van der Waals surface area contributed by atoms with E-state index in [9.17, 15) is 14.3 Å². The minimum absolute atomic E-state index is 0.0271. The highest BCUT2D eigenvalue weighted by molar-refractivity contribution is 5.92. The van der Waals surface area contributed by atoms with Gasteiger partial charge < -0.3 is 14.6 Å². The number of methoxy groups -OCH3 is 1. The molecule has 0 unspecified atom stereocenters. The summed E-state index contributed by atoms with van der Waals surface area (Å²) in [6.45, 7) is -0.206. The third kappa shape index (κ3) is 3.06. The predicted molar refractivity (Wildman–Crippen MR) is 70.2 cm³/mol. The van der Waals surface area contributed by atoms with Crippen LogP contribution in [0.25, 0.3) is 0 Å². The molecule has 0 bridgehead atoms. The van der Waals surface area contributed by atoms with Gasteiger partial charge in [-0.3, -0.25) is 0 Å². The van der Waals surface area contributed by atoms with Gasteiger partial charge in [0, 0.05) is 5.56 Å². The maximum atomic E-state index is 13.4. The van der Waals surface area contributed by atoms with Crippen LogP contribution in [0.5, 0.6) is 11.5 Å². The lowest BCUT2D eigenvalue weighted by atomic mass is 10.2. The maximum absolute atomic E-state index is 13.4. The number of aromatic hydroxyl groups is 1.